The van der Waals surface area contributed by atoms with Gasteiger partial charge in [-0.2, -0.15) is 0 Å². The summed E-state index contributed by atoms with van der Waals surface area (Å²) < 4.78 is 1.35. The van der Waals surface area contributed by atoms with Crippen molar-refractivity contribution in [2.75, 3.05) is 0 Å². The molecule has 0 aliphatic heterocycles. The van der Waals surface area contributed by atoms with E-state index in [-0.39, 0.29) is 11.9 Å². The van der Waals surface area contributed by atoms with Gasteiger partial charge >= 0.3 is 0 Å². The number of carbonyl (C=O) groups is 1. The van der Waals surface area contributed by atoms with Crippen molar-refractivity contribution in [1.82, 2.24) is 5.32 Å². The molecule has 1 aromatic heterocycles. The van der Waals surface area contributed by atoms with Crippen molar-refractivity contribution in [1.29, 1.82) is 0 Å². The van der Waals surface area contributed by atoms with E-state index in [4.69, 9.17) is 5.73 Å². The van der Waals surface area contributed by atoms with Crippen LogP contribution in [-0.4, -0.2) is 11.9 Å². The Morgan fingerprint density at radius 3 is 3.24 bits per heavy atom. The molecule has 1 aliphatic rings. The van der Waals surface area contributed by atoms with Gasteiger partial charge in [-0.3, -0.25) is 4.79 Å². The zero-order chi connectivity index (χ0) is 12.4. The average molecular weight is 364 g/mol. The monoisotopic (exact) mass is 364 g/mol. The van der Waals surface area contributed by atoms with Crippen molar-refractivity contribution in [2.45, 2.75) is 44.7 Å². The summed E-state index contributed by atoms with van der Waals surface area (Å²) in [5, 5.41) is 3.52. The summed E-state index contributed by atoms with van der Waals surface area (Å²) in [6.07, 6.45) is 3.99. The highest BCUT2D eigenvalue weighted by Gasteiger charge is 2.23. The molecular formula is C12H17IN2OS. The third kappa shape index (κ3) is 3.42. The Kier molecular flexibility index (Phi) is 4.43. The molecule has 0 aromatic carbocycles. The minimum Gasteiger partial charge on any atom is -0.370 e. The maximum Gasteiger partial charge on any atom is 0.218 e. The van der Waals surface area contributed by atoms with Gasteiger partial charge in [-0.15, -0.1) is 11.3 Å². The number of hydrogen-bond donors (Lipinski definition) is 2. The number of aryl methyl sites for hydroxylation is 1. The van der Waals surface area contributed by atoms with Crippen LogP contribution in [0.2, 0.25) is 0 Å². The fourth-order valence-corrected chi connectivity index (χ4v) is 4.52. The van der Waals surface area contributed by atoms with Crippen LogP contribution in [0.25, 0.3) is 0 Å². The van der Waals surface area contributed by atoms with E-state index in [9.17, 15) is 4.79 Å². The van der Waals surface area contributed by atoms with E-state index in [1.54, 1.807) is 0 Å². The Morgan fingerprint density at radius 1 is 1.76 bits per heavy atom. The lowest BCUT2D eigenvalue weighted by atomic mass is 9.93. The maximum absolute atomic E-state index is 10.9. The van der Waals surface area contributed by atoms with Crippen LogP contribution in [0.3, 0.4) is 0 Å². The van der Waals surface area contributed by atoms with Gasteiger partial charge in [-0.1, -0.05) is 0 Å². The third-order valence-corrected chi connectivity index (χ3v) is 5.05. The second-order valence-electron chi connectivity index (χ2n) is 4.61. The highest BCUT2D eigenvalue weighted by atomic mass is 127. The van der Waals surface area contributed by atoms with Crippen LogP contribution in [0.4, 0.5) is 0 Å². The van der Waals surface area contributed by atoms with Crippen molar-refractivity contribution in [3.63, 3.8) is 0 Å². The topological polar surface area (TPSA) is 55.1 Å². The van der Waals surface area contributed by atoms with E-state index in [1.807, 2.05) is 18.3 Å². The normalized spacial score (nSPS) is 20.9. The van der Waals surface area contributed by atoms with Crippen LogP contribution in [-0.2, 0) is 11.2 Å². The lowest BCUT2D eigenvalue weighted by molar-refractivity contribution is -0.118. The molecule has 0 bridgehead atoms. The first kappa shape index (κ1) is 13.3. The number of carbonyl (C=O) groups excluding carboxylic acids is 1. The predicted octanol–water partition coefficient (Wildman–Crippen LogP) is 2.58. The van der Waals surface area contributed by atoms with Crippen LogP contribution in [0.15, 0.2) is 6.07 Å². The van der Waals surface area contributed by atoms with Crippen LogP contribution in [0.5, 0.6) is 0 Å². The summed E-state index contributed by atoms with van der Waals surface area (Å²) in [5.41, 5.74) is 6.65. The standard InChI is InChI=1S/C12H17IN2OS/c1-7(5-12(14)16)15-9-3-2-4-10-8(9)6-11(13)17-10/h6-7,9,15H,2-5H2,1H3,(H2,14,16). The molecule has 2 atom stereocenters. The maximum atomic E-state index is 10.9. The molecule has 1 heterocycles. The number of thiophene rings is 1. The van der Waals surface area contributed by atoms with Crippen molar-refractivity contribution in [2.24, 2.45) is 5.73 Å². The summed E-state index contributed by atoms with van der Waals surface area (Å²) in [6, 6.07) is 2.82. The van der Waals surface area contributed by atoms with Gasteiger partial charge in [0.2, 0.25) is 5.91 Å². The number of nitrogens with two attached hydrogens (primary N) is 1. The molecule has 94 valence electrons. The second kappa shape index (κ2) is 5.67. The van der Waals surface area contributed by atoms with Crippen LogP contribution >= 0.6 is 33.9 Å². The number of fused-ring (bicyclic) bond motifs is 1. The molecule has 0 saturated carbocycles. The van der Waals surface area contributed by atoms with E-state index in [0.717, 1.165) is 6.42 Å². The first-order chi connectivity index (χ1) is 8.06. The predicted molar refractivity (Wildman–Crippen MR) is 79.1 cm³/mol. The Hall–Kier alpha value is -0.140. The molecule has 1 aliphatic carbocycles. The molecule has 1 aromatic rings. The van der Waals surface area contributed by atoms with Gasteiger partial charge in [0, 0.05) is 23.4 Å². The van der Waals surface area contributed by atoms with Gasteiger partial charge < -0.3 is 11.1 Å². The number of nitrogens with one attached hydrogen (secondary N) is 1. The Morgan fingerprint density at radius 2 is 2.53 bits per heavy atom. The summed E-state index contributed by atoms with van der Waals surface area (Å²) in [6.45, 7) is 2.02. The van der Waals surface area contributed by atoms with Crippen LogP contribution in [0, 0.1) is 2.88 Å². The zero-order valence-corrected chi connectivity index (χ0v) is 12.8. The Balaban J connectivity index is 2.05. The molecule has 0 fully saturated rings. The molecule has 3 N–H and O–H groups in total. The Bertz CT molecular complexity index is 419. The molecule has 0 saturated heterocycles. The number of rotatable bonds is 4. The minimum atomic E-state index is -0.235. The molecule has 0 radical (unpaired) electrons. The van der Waals surface area contributed by atoms with Crippen molar-refractivity contribution in [3.05, 3.63) is 19.4 Å². The molecule has 5 heteroatoms. The summed E-state index contributed by atoms with van der Waals surface area (Å²) in [4.78, 5) is 12.4. The highest BCUT2D eigenvalue weighted by molar-refractivity contribution is 14.1. The van der Waals surface area contributed by atoms with Gasteiger partial charge in [0.15, 0.2) is 0 Å². The van der Waals surface area contributed by atoms with Crippen LogP contribution in [0.1, 0.15) is 42.7 Å². The van der Waals surface area contributed by atoms with E-state index in [1.165, 1.54) is 26.2 Å². The first-order valence-electron chi connectivity index (χ1n) is 5.88. The first-order valence-corrected chi connectivity index (χ1v) is 7.78. The number of primary amides is 1. The SMILES string of the molecule is CC(CC(N)=O)NC1CCCc2sc(I)cc21. The molecule has 3 nitrogen and oxygen atoms in total. The highest BCUT2D eigenvalue weighted by Crippen LogP contribution is 2.36. The van der Waals surface area contributed by atoms with Gasteiger partial charge in [0.1, 0.15) is 0 Å². The number of amides is 1. The van der Waals surface area contributed by atoms with Gasteiger partial charge in [0.25, 0.3) is 0 Å². The lowest BCUT2D eigenvalue weighted by Crippen LogP contribution is -2.35. The van der Waals surface area contributed by atoms with Gasteiger partial charge in [0.05, 0.1) is 2.88 Å². The molecule has 2 rings (SSSR count). The minimum absolute atomic E-state index is 0.154. The summed E-state index contributed by atoms with van der Waals surface area (Å²) >= 11 is 4.27. The molecule has 1 amide bonds. The van der Waals surface area contributed by atoms with E-state index in [0.29, 0.717) is 12.5 Å². The molecule has 0 spiro atoms. The summed E-state index contributed by atoms with van der Waals surface area (Å²) in [5.74, 6) is -0.235. The van der Waals surface area contributed by atoms with E-state index in [2.05, 4.69) is 34.0 Å². The van der Waals surface area contributed by atoms with Crippen LogP contribution < -0.4 is 11.1 Å². The molecular weight excluding hydrogens is 347 g/mol. The number of hydrogen-bond acceptors (Lipinski definition) is 3. The van der Waals surface area contributed by atoms with Gasteiger partial charge in [-0.25, -0.2) is 0 Å². The fraction of sp³-hybridized carbons (Fsp3) is 0.583. The summed E-state index contributed by atoms with van der Waals surface area (Å²) in [7, 11) is 0. The fourth-order valence-electron chi connectivity index (χ4n) is 2.40. The average Bonchev–Trinajstić information content (AvgIpc) is 2.58. The quantitative estimate of drug-likeness (QED) is 0.807. The van der Waals surface area contributed by atoms with E-state index < -0.39 is 0 Å². The Labute approximate surface area is 119 Å². The zero-order valence-electron chi connectivity index (χ0n) is 9.83. The van der Waals surface area contributed by atoms with Gasteiger partial charge in [-0.05, 0) is 60.4 Å². The number of halogens is 1. The molecule has 2 unspecified atom stereocenters. The largest absolute Gasteiger partial charge is 0.370 e. The lowest BCUT2D eigenvalue weighted by Gasteiger charge is -2.26. The van der Waals surface area contributed by atoms with Crippen molar-refractivity contribution >= 4 is 39.8 Å². The van der Waals surface area contributed by atoms with E-state index >= 15 is 0 Å². The van der Waals surface area contributed by atoms with Crippen molar-refractivity contribution < 1.29 is 4.79 Å². The van der Waals surface area contributed by atoms with Crippen molar-refractivity contribution in [3.8, 4) is 0 Å². The third-order valence-electron chi connectivity index (χ3n) is 3.08. The smallest absolute Gasteiger partial charge is 0.218 e. The second-order valence-corrected chi connectivity index (χ2v) is 7.64. The molecule has 17 heavy (non-hydrogen) atoms.